The Kier molecular flexibility index (Phi) is 6.70. The Bertz CT molecular complexity index is 219. The Hall–Kier alpha value is -1.10. The topological polar surface area (TPSA) is 75.4 Å². The molecule has 0 saturated carbocycles. The number of carbonyl (C=O) groups excluding carboxylic acids is 2. The summed E-state index contributed by atoms with van der Waals surface area (Å²) in [7, 11) is 3.30. The van der Waals surface area contributed by atoms with Gasteiger partial charge >= 0.3 is 0 Å². The molecule has 0 fully saturated rings. The number of hydrogen-bond donors (Lipinski definition) is 2. The van der Waals surface area contributed by atoms with Crippen LogP contribution in [0.5, 0.6) is 0 Å². The van der Waals surface area contributed by atoms with Crippen molar-refractivity contribution in [3.8, 4) is 0 Å². The molecular formula is C10H21N3O2. The lowest BCUT2D eigenvalue weighted by Crippen LogP contribution is -2.37. The van der Waals surface area contributed by atoms with Gasteiger partial charge in [-0.15, -0.1) is 0 Å². The summed E-state index contributed by atoms with van der Waals surface area (Å²) in [6, 6.07) is 0. The minimum Gasteiger partial charge on any atom is -0.359 e. The second-order valence-corrected chi connectivity index (χ2v) is 3.68. The Balaban J connectivity index is 3.95. The van der Waals surface area contributed by atoms with Gasteiger partial charge in [-0.3, -0.25) is 9.59 Å². The van der Waals surface area contributed by atoms with E-state index in [1.807, 2.05) is 0 Å². The molecule has 0 radical (unpaired) electrons. The van der Waals surface area contributed by atoms with Crippen LogP contribution in [-0.4, -0.2) is 43.9 Å². The average Bonchev–Trinajstić information content (AvgIpc) is 2.24. The van der Waals surface area contributed by atoms with Crippen molar-refractivity contribution < 1.29 is 9.59 Å². The van der Waals surface area contributed by atoms with Gasteiger partial charge in [0.15, 0.2) is 0 Å². The van der Waals surface area contributed by atoms with E-state index in [1.165, 1.54) is 0 Å². The summed E-state index contributed by atoms with van der Waals surface area (Å²) in [4.78, 5) is 24.3. The van der Waals surface area contributed by atoms with Gasteiger partial charge < -0.3 is 16.0 Å². The summed E-state index contributed by atoms with van der Waals surface area (Å²) in [5, 5.41) is 2.56. The minimum absolute atomic E-state index is 0.0382. The van der Waals surface area contributed by atoms with Crippen LogP contribution in [0.3, 0.4) is 0 Å². The van der Waals surface area contributed by atoms with Crippen molar-refractivity contribution in [1.82, 2.24) is 10.2 Å². The van der Waals surface area contributed by atoms with Gasteiger partial charge in [-0.05, 0) is 13.0 Å². The maximum atomic E-state index is 11.5. The third kappa shape index (κ3) is 5.37. The molecule has 0 aromatic heterocycles. The predicted molar refractivity (Wildman–Crippen MR) is 59.2 cm³/mol. The summed E-state index contributed by atoms with van der Waals surface area (Å²) in [6.45, 7) is 2.76. The molecule has 5 heteroatoms. The molecule has 3 N–H and O–H groups in total. The molecule has 0 spiro atoms. The average molecular weight is 215 g/mol. The standard InChI is InChI=1S/C10H21N3O2/c1-8(10(15)12-2)7-13(3)9(14)5-4-6-11/h8H,4-7,11H2,1-3H3,(H,12,15). The third-order valence-electron chi connectivity index (χ3n) is 2.26. The smallest absolute Gasteiger partial charge is 0.224 e. The lowest BCUT2D eigenvalue weighted by atomic mass is 10.1. The summed E-state index contributed by atoms with van der Waals surface area (Å²) in [5.41, 5.74) is 5.31. The first kappa shape index (κ1) is 13.9. The second-order valence-electron chi connectivity index (χ2n) is 3.68. The molecule has 0 aromatic rings. The molecule has 1 unspecified atom stereocenters. The van der Waals surface area contributed by atoms with Crippen LogP contribution < -0.4 is 11.1 Å². The van der Waals surface area contributed by atoms with Crippen LogP contribution >= 0.6 is 0 Å². The van der Waals surface area contributed by atoms with Crippen LogP contribution in [0.15, 0.2) is 0 Å². The molecule has 1 atom stereocenters. The van der Waals surface area contributed by atoms with E-state index < -0.39 is 0 Å². The maximum Gasteiger partial charge on any atom is 0.224 e. The Morgan fingerprint density at radius 1 is 1.47 bits per heavy atom. The highest BCUT2D eigenvalue weighted by Crippen LogP contribution is 2.01. The van der Waals surface area contributed by atoms with E-state index in [4.69, 9.17) is 5.73 Å². The Labute approximate surface area is 91.0 Å². The maximum absolute atomic E-state index is 11.5. The number of nitrogens with zero attached hydrogens (tertiary/aromatic N) is 1. The molecule has 2 amide bonds. The van der Waals surface area contributed by atoms with Crippen LogP contribution in [0.4, 0.5) is 0 Å². The lowest BCUT2D eigenvalue weighted by molar-refractivity contribution is -0.132. The first-order chi connectivity index (χ1) is 7.02. The number of nitrogens with two attached hydrogens (primary N) is 1. The normalized spacial score (nSPS) is 12.0. The molecule has 0 aliphatic rings. The number of amides is 2. The van der Waals surface area contributed by atoms with E-state index in [0.717, 1.165) is 0 Å². The zero-order valence-corrected chi connectivity index (χ0v) is 9.75. The van der Waals surface area contributed by atoms with Crippen LogP contribution in [-0.2, 0) is 9.59 Å². The molecule has 0 bridgehead atoms. The SMILES string of the molecule is CNC(=O)C(C)CN(C)C(=O)CCCN. The first-order valence-corrected chi connectivity index (χ1v) is 5.18. The van der Waals surface area contributed by atoms with E-state index >= 15 is 0 Å². The summed E-state index contributed by atoms with van der Waals surface area (Å²) in [5.74, 6) is -0.188. The molecule has 0 rings (SSSR count). The predicted octanol–water partition coefficient (Wildman–Crippen LogP) is -0.434. The number of hydrogen-bond acceptors (Lipinski definition) is 3. The molecule has 15 heavy (non-hydrogen) atoms. The van der Waals surface area contributed by atoms with Crippen molar-refractivity contribution >= 4 is 11.8 Å². The molecule has 0 aromatic carbocycles. The van der Waals surface area contributed by atoms with Crippen molar-refractivity contribution in [2.75, 3.05) is 27.2 Å². The van der Waals surface area contributed by atoms with Gasteiger partial charge in [0.1, 0.15) is 0 Å². The largest absolute Gasteiger partial charge is 0.359 e. The van der Waals surface area contributed by atoms with Crippen molar-refractivity contribution in [2.24, 2.45) is 11.7 Å². The minimum atomic E-state index is -0.179. The van der Waals surface area contributed by atoms with E-state index in [-0.39, 0.29) is 17.7 Å². The highest BCUT2D eigenvalue weighted by atomic mass is 16.2. The highest BCUT2D eigenvalue weighted by molar-refractivity contribution is 5.80. The van der Waals surface area contributed by atoms with Crippen molar-refractivity contribution in [1.29, 1.82) is 0 Å². The number of carbonyl (C=O) groups is 2. The zero-order valence-electron chi connectivity index (χ0n) is 9.75. The number of rotatable bonds is 6. The van der Waals surface area contributed by atoms with Crippen molar-refractivity contribution in [2.45, 2.75) is 19.8 Å². The molecule has 0 aliphatic carbocycles. The van der Waals surface area contributed by atoms with Gasteiger partial charge in [-0.1, -0.05) is 6.92 Å². The van der Waals surface area contributed by atoms with Gasteiger partial charge in [-0.2, -0.15) is 0 Å². The van der Waals surface area contributed by atoms with Crippen LogP contribution in [0, 0.1) is 5.92 Å². The van der Waals surface area contributed by atoms with E-state index in [1.54, 1.807) is 25.9 Å². The fraction of sp³-hybridized carbons (Fsp3) is 0.800. The van der Waals surface area contributed by atoms with Gasteiger partial charge in [0.25, 0.3) is 0 Å². The number of nitrogens with one attached hydrogen (secondary N) is 1. The fourth-order valence-corrected chi connectivity index (χ4v) is 1.29. The fourth-order valence-electron chi connectivity index (χ4n) is 1.29. The van der Waals surface area contributed by atoms with Crippen LogP contribution in [0.25, 0.3) is 0 Å². The first-order valence-electron chi connectivity index (χ1n) is 5.18. The summed E-state index contributed by atoms with van der Waals surface area (Å²) < 4.78 is 0. The van der Waals surface area contributed by atoms with Gasteiger partial charge in [-0.25, -0.2) is 0 Å². The van der Waals surface area contributed by atoms with E-state index in [0.29, 0.717) is 25.9 Å². The van der Waals surface area contributed by atoms with Gasteiger partial charge in [0.05, 0.1) is 5.92 Å². The summed E-state index contributed by atoms with van der Waals surface area (Å²) in [6.07, 6.45) is 1.14. The Morgan fingerprint density at radius 2 is 2.07 bits per heavy atom. The van der Waals surface area contributed by atoms with Gasteiger partial charge in [0.2, 0.25) is 11.8 Å². The zero-order chi connectivity index (χ0) is 11.8. The monoisotopic (exact) mass is 215 g/mol. The van der Waals surface area contributed by atoms with Crippen molar-refractivity contribution in [3.05, 3.63) is 0 Å². The summed E-state index contributed by atoms with van der Waals surface area (Å²) >= 11 is 0. The molecule has 0 heterocycles. The van der Waals surface area contributed by atoms with E-state index in [9.17, 15) is 9.59 Å². The second kappa shape index (κ2) is 7.23. The highest BCUT2D eigenvalue weighted by Gasteiger charge is 2.16. The van der Waals surface area contributed by atoms with Crippen LogP contribution in [0.1, 0.15) is 19.8 Å². The molecule has 88 valence electrons. The van der Waals surface area contributed by atoms with E-state index in [2.05, 4.69) is 5.32 Å². The molecule has 5 nitrogen and oxygen atoms in total. The lowest BCUT2D eigenvalue weighted by Gasteiger charge is -2.20. The molecular weight excluding hydrogens is 194 g/mol. The Morgan fingerprint density at radius 3 is 2.53 bits per heavy atom. The quantitative estimate of drug-likeness (QED) is 0.631. The van der Waals surface area contributed by atoms with Gasteiger partial charge in [0, 0.05) is 27.1 Å². The van der Waals surface area contributed by atoms with Crippen LogP contribution in [0.2, 0.25) is 0 Å². The molecule has 0 saturated heterocycles. The molecule has 0 aliphatic heterocycles. The van der Waals surface area contributed by atoms with Crippen molar-refractivity contribution in [3.63, 3.8) is 0 Å². The third-order valence-corrected chi connectivity index (χ3v) is 2.26.